The smallest absolute Gasteiger partial charge is 0.251 e. The summed E-state index contributed by atoms with van der Waals surface area (Å²) in [4.78, 5) is 26.4. The maximum atomic E-state index is 12.4. The van der Waals surface area contributed by atoms with E-state index >= 15 is 0 Å². The zero-order valence-corrected chi connectivity index (χ0v) is 14.9. The summed E-state index contributed by atoms with van der Waals surface area (Å²) in [7, 11) is 0. The van der Waals surface area contributed by atoms with Crippen molar-refractivity contribution in [3.05, 3.63) is 42.1 Å². The van der Waals surface area contributed by atoms with Crippen LogP contribution in [0.4, 0.5) is 0 Å². The first-order valence-corrected chi connectivity index (χ1v) is 8.50. The summed E-state index contributed by atoms with van der Waals surface area (Å²) in [6.07, 6.45) is 2.06. The molecule has 0 saturated carbocycles. The van der Waals surface area contributed by atoms with Gasteiger partial charge in [-0.1, -0.05) is 32.9 Å². The minimum absolute atomic E-state index is 0.0526. The molecule has 0 unspecified atom stereocenters. The monoisotopic (exact) mass is 340 g/mol. The molecule has 2 aromatic rings. The standard InChI is InChI=1S/C19H24N4O2/c1-19(2,3)12-23-11-15(10-17(23)24)21-18(25)14-6-4-13(5-7-14)16-8-9-20-22-16/h4-9,15H,10-12H2,1-3H3,(H,20,22)(H,21,25)/t15-/m0/s1. The molecule has 0 spiro atoms. The first kappa shape index (κ1) is 17.2. The second-order valence-electron chi connectivity index (χ2n) is 7.76. The predicted octanol–water partition coefficient (Wildman–Crippen LogP) is 2.45. The fourth-order valence-electron chi connectivity index (χ4n) is 3.08. The summed E-state index contributed by atoms with van der Waals surface area (Å²) >= 11 is 0. The molecule has 1 fully saturated rings. The highest BCUT2D eigenvalue weighted by molar-refractivity contribution is 5.95. The van der Waals surface area contributed by atoms with E-state index in [4.69, 9.17) is 0 Å². The quantitative estimate of drug-likeness (QED) is 0.897. The molecule has 3 rings (SSSR count). The molecule has 2 amide bonds. The van der Waals surface area contributed by atoms with E-state index in [1.165, 1.54) is 0 Å². The Morgan fingerprint density at radius 1 is 1.28 bits per heavy atom. The van der Waals surface area contributed by atoms with Crippen molar-refractivity contribution >= 4 is 11.8 Å². The zero-order valence-electron chi connectivity index (χ0n) is 14.9. The van der Waals surface area contributed by atoms with E-state index < -0.39 is 0 Å². The minimum atomic E-state index is -0.147. The molecule has 1 saturated heterocycles. The Morgan fingerprint density at radius 3 is 2.60 bits per heavy atom. The molecule has 1 aliphatic rings. The summed E-state index contributed by atoms with van der Waals surface area (Å²) in [6, 6.07) is 9.09. The lowest BCUT2D eigenvalue weighted by Gasteiger charge is -2.26. The molecule has 132 valence electrons. The van der Waals surface area contributed by atoms with E-state index in [-0.39, 0.29) is 23.3 Å². The van der Waals surface area contributed by atoms with Crippen molar-refractivity contribution in [3.63, 3.8) is 0 Å². The lowest BCUT2D eigenvalue weighted by Crippen LogP contribution is -2.39. The number of likely N-dealkylation sites (tertiary alicyclic amines) is 1. The molecule has 0 bridgehead atoms. The molecular weight excluding hydrogens is 316 g/mol. The van der Waals surface area contributed by atoms with Crippen LogP contribution >= 0.6 is 0 Å². The van der Waals surface area contributed by atoms with Gasteiger partial charge in [-0.15, -0.1) is 0 Å². The fourth-order valence-corrected chi connectivity index (χ4v) is 3.08. The van der Waals surface area contributed by atoms with E-state index in [1.807, 2.05) is 23.1 Å². The molecule has 0 aliphatic carbocycles. The van der Waals surface area contributed by atoms with E-state index in [2.05, 4.69) is 36.3 Å². The third-order valence-electron chi connectivity index (χ3n) is 4.17. The highest BCUT2D eigenvalue weighted by Gasteiger charge is 2.32. The van der Waals surface area contributed by atoms with Crippen LogP contribution < -0.4 is 5.32 Å². The summed E-state index contributed by atoms with van der Waals surface area (Å²) in [5, 5.41) is 9.79. The second kappa shape index (κ2) is 6.70. The molecule has 1 atom stereocenters. The minimum Gasteiger partial charge on any atom is -0.347 e. The van der Waals surface area contributed by atoms with Gasteiger partial charge in [-0.05, 0) is 29.2 Å². The van der Waals surface area contributed by atoms with E-state index in [9.17, 15) is 9.59 Å². The number of rotatable bonds is 4. The SMILES string of the molecule is CC(C)(C)CN1C[C@@H](NC(=O)c2ccc(-c3ccn[nH]3)cc2)CC1=O. The summed E-state index contributed by atoms with van der Waals surface area (Å²) in [6.45, 7) is 7.60. The number of amides is 2. The van der Waals surface area contributed by atoms with E-state index in [0.29, 0.717) is 25.1 Å². The predicted molar refractivity (Wildman–Crippen MR) is 95.9 cm³/mol. The van der Waals surface area contributed by atoms with Crippen LogP contribution in [0.3, 0.4) is 0 Å². The summed E-state index contributed by atoms with van der Waals surface area (Å²) in [5.74, 6) is -0.0404. The van der Waals surface area contributed by atoms with Crippen molar-refractivity contribution in [1.29, 1.82) is 0 Å². The second-order valence-corrected chi connectivity index (χ2v) is 7.76. The van der Waals surface area contributed by atoms with Gasteiger partial charge in [0, 0.05) is 31.3 Å². The van der Waals surface area contributed by atoms with Crippen molar-refractivity contribution in [1.82, 2.24) is 20.4 Å². The van der Waals surface area contributed by atoms with Crippen LogP contribution in [-0.2, 0) is 4.79 Å². The number of carbonyl (C=O) groups excluding carboxylic acids is 2. The molecule has 25 heavy (non-hydrogen) atoms. The maximum Gasteiger partial charge on any atom is 0.251 e. The number of H-pyrrole nitrogens is 1. The Hall–Kier alpha value is -2.63. The van der Waals surface area contributed by atoms with Crippen molar-refractivity contribution in [2.75, 3.05) is 13.1 Å². The van der Waals surface area contributed by atoms with Gasteiger partial charge in [-0.25, -0.2) is 0 Å². The van der Waals surface area contributed by atoms with Gasteiger partial charge in [0.2, 0.25) is 5.91 Å². The van der Waals surface area contributed by atoms with Crippen LogP contribution in [0.15, 0.2) is 36.5 Å². The van der Waals surface area contributed by atoms with Crippen molar-refractivity contribution in [2.45, 2.75) is 33.2 Å². The average molecular weight is 340 g/mol. The normalized spacial score (nSPS) is 17.8. The van der Waals surface area contributed by atoms with Gasteiger partial charge < -0.3 is 10.2 Å². The van der Waals surface area contributed by atoms with Crippen LogP contribution in [-0.4, -0.2) is 46.0 Å². The number of aromatic nitrogens is 2. The fraction of sp³-hybridized carbons (Fsp3) is 0.421. The Kier molecular flexibility index (Phi) is 4.61. The Balaban J connectivity index is 1.60. The topological polar surface area (TPSA) is 78.1 Å². The Labute approximate surface area is 147 Å². The number of benzene rings is 1. The Bertz CT molecular complexity index is 745. The molecule has 6 heteroatoms. The molecular formula is C19H24N4O2. The first-order valence-electron chi connectivity index (χ1n) is 8.50. The van der Waals surface area contributed by atoms with Gasteiger partial charge in [0.1, 0.15) is 0 Å². The van der Waals surface area contributed by atoms with Gasteiger partial charge in [-0.2, -0.15) is 5.10 Å². The van der Waals surface area contributed by atoms with Crippen molar-refractivity contribution in [3.8, 4) is 11.3 Å². The zero-order chi connectivity index (χ0) is 18.0. The average Bonchev–Trinajstić information content (AvgIpc) is 3.17. The largest absolute Gasteiger partial charge is 0.347 e. The van der Waals surface area contributed by atoms with Crippen molar-refractivity contribution < 1.29 is 9.59 Å². The summed E-state index contributed by atoms with van der Waals surface area (Å²) in [5.41, 5.74) is 2.52. The number of hydrogen-bond donors (Lipinski definition) is 2. The molecule has 2 N–H and O–H groups in total. The molecule has 1 aromatic heterocycles. The van der Waals surface area contributed by atoms with E-state index in [0.717, 1.165) is 11.3 Å². The van der Waals surface area contributed by atoms with Gasteiger partial charge in [0.05, 0.1) is 11.7 Å². The third kappa shape index (κ3) is 4.26. The number of hydrogen-bond acceptors (Lipinski definition) is 3. The van der Waals surface area contributed by atoms with E-state index in [1.54, 1.807) is 18.3 Å². The highest BCUT2D eigenvalue weighted by Crippen LogP contribution is 2.21. The summed E-state index contributed by atoms with van der Waals surface area (Å²) < 4.78 is 0. The van der Waals surface area contributed by atoms with Crippen LogP contribution in [0.1, 0.15) is 37.6 Å². The molecule has 6 nitrogen and oxygen atoms in total. The van der Waals surface area contributed by atoms with Crippen LogP contribution in [0.2, 0.25) is 0 Å². The molecule has 1 aliphatic heterocycles. The van der Waals surface area contributed by atoms with Crippen LogP contribution in [0.25, 0.3) is 11.3 Å². The van der Waals surface area contributed by atoms with Gasteiger partial charge in [0.15, 0.2) is 0 Å². The number of carbonyl (C=O) groups is 2. The van der Waals surface area contributed by atoms with Gasteiger partial charge >= 0.3 is 0 Å². The van der Waals surface area contributed by atoms with Crippen LogP contribution in [0.5, 0.6) is 0 Å². The number of nitrogens with one attached hydrogen (secondary N) is 2. The van der Waals surface area contributed by atoms with Gasteiger partial charge in [0.25, 0.3) is 5.91 Å². The number of aromatic amines is 1. The number of nitrogens with zero attached hydrogens (tertiary/aromatic N) is 2. The third-order valence-corrected chi connectivity index (χ3v) is 4.17. The lowest BCUT2D eigenvalue weighted by molar-refractivity contribution is -0.128. The molecule has 0 radical (unpaired) electrons. The first-order chi connectivity index (χ1) is 11.8. The van der Waals surface area contributed by atoms with Crippen LogP contribution in [0, 0.1) is 5.41 Å². The van der Waals surface area contributed by atoms with Crippen molar-refractivity contribution in [2.24, 2.45) is 5.41 Å². The van der Waals surface area contributed by atoms with Gasteiger partial charge in [-0.3, -0.25) is 14.7 Å². The lowest BCUT2D eigenvalue weighted by atomic mass is 9.96. The molecule has 2 heterocycles. The highest BCUT2D eigenvalue weighted by atomic mass is 16.2. The maximum absolute atomic E-state index is 12.4. The Morgan fingerprint density at radius 2 is 2.00 bits per heavy atom. The molecule has 1 aromatic carbocycles.